The standard InChI is InChI=1S/C9H8BF4.K/c1-7-6-8(2-3-9(7)11)4-5-10(12,13)14;/h2-6H,1H3;/q-1;+1/b5-4+;. The Morgan fingerprint density at radius 2 is 1.80 bits per heavy atom. The molecule has 0 amide bonds. The number of hydrogen-bond acceptors (Lipinski definition) is 0. The van der Waals surface area contributed by atoms with Gasteiger partial charge in [0.2, 0.25) is 0 Å². The van der Waals surface area contributed by atoms with Gasteiger partial charge in [-0.05, 0) is 30.2 Å². The second kappa shape index (κ2) is 6.20. The predicted molar refractivity (Wildman–Crippen MR) is 49.2 cm³/mol. The molecule has 0 nitrogen and oxygen atoms in total. The van der Waals surface area contributed by atoms with Crippen molar-refractivity contribution < 1.29 is 68.7 Å². The number of aryl methyl sites for hydroxylation is 1. The van der Waals surface area contributed by atoms with E-state index in [1.807, 2.05) is 0 Å². The molecule has 1 aromatic carbocycles. The fraction of sp³-hybridized carbons (Fsp3) is 0.111. The van der Waals surface area contributed by atoms with E-state index in [2.05, 4.69) is 0 Å². The Labute approximate surface area is 128 Å². The molecule has 0 aliphatic rings. The zero-order valence-corrected chi connectivity index (χ0v) is 11.6. The molecule has 1 rings (SSSR count). The number of rotatable bonds is 2. The zero-order valence-electron chi connectivity index (χ0n) is 8.48. The summed E-state index contributed by atoms with van der Waals surface area (Å²) in [6.45, 7) is -3.42. The Morgan fingerprint density at radius 1 is 1.20 bits per heavy atom. The van der Waals surface area contributed by atoms with Gasteiger partial charge < -0.3 is 12.9 Å². The average molecular weight is 242 g/mol. The van der Waals surface area contributed by atoms with E-state index >= 15 is 0 Å². The average Bonchev–Trinajstić information content (AvgIpc) is 2.06. The summed E-state index contributed by atoms with van der Waals surface area (Å²) in [5.41, 5.74) is 0.685. The molecule has 1 aromatic rings. The van der Waals surface area contributed by atoms with Crippen molar-refractivity contribution in [1.82, 2.24) is 0 Å². The van der Waals surface area contributed by atoms with Crippen LogP contribution in [-0.2, 0) is 0 Å². The van der Waals surface area contributed by atoms with Gasteiger partial charge in [-0.2, -0.15) is 0 Å². The second-order valence-corrected chi connectivity index (χ2v) is 2.99. The van der Waals surface area contributed by atoms with E-state index in [4.69, 9.17) is 0 Å². The first-order chi connectivity index (χ1) is 6.38. The van der Waals surface area contributed by atoms with Crippen molar-refractivity contribution in [2.45, 2.75) is 6.92 Å². The molecule has 0 bridgehead atoms. The maximum Gasteiger partial charge on any atom is 1.00 e. The minimum atomic E-state index is -4.92. The van der Waals surface area contributed by atoms with Gasteiger partial charge in [-0.1, -0.05) is 12.1 Å². The van der Waals surface area contributed by atoms with Crippen LogP contribution in [0.4, 0.5) is 17.3 Å². The van der Waals surface area contributed by atoms with Crippen LogP contribution in [0.1, 0.15) is 11.1 Å². The van der Waals surface area contributed by atoms with Gasteiger partial charge in [-0.25, -0.2) is 4.39 Å². The largest absolute Gasteiger partial charge is 1.00 e. The van der Waals surface area contributed by atoms with Gasteiger partial charge >= 0.3 is 58.4 Å². The van der Waals surface area contributed by atoms with Crippen LogP contribution < -0.4 is 51.4 Å². The molecule has 76 valence electrons. The molecule has 0 fully saturated rings. The molecule has 0 aliphatic heterocycles. The van der Waals surface area contributed by atoms with Gasteiger partial charge in [0.05, 0.1) is 0 Å². The monoisotopic (exact) mass is 242 g/mol. The maximum atomic E-state index is 12.7. The van der Waals surface area contributed by atoms with E-state index in [-0.39, 0.29) is 57.4 Å². The molecule has 0 saturated carbocycles. The molecule has 0 unspecified atom stereocenters. The Morgan fingerprint density at radius 3 is 2.27 bits per heavy atom. The van der Waals surface area contributed by atoms with Crippen LogP contribution in [0.15, 0.2) is 24.2 Å². The molecule has 0 aromatic heterocycles. The molecule has 0 spiro atoms. The van der Waals surface area contributed by atoms with Crippen molar-refractivity contribution in [3.05, 3.63) is 41.1 Å². The summed E-state index contributed by atoms with van der Waals surface area (Å²) in [4.78, 5) is 0. The molecule has 0 N–H and O–H groups in total. The summed E-state index contributed by atoms with van der Waals surface area (Å²) in [5, 5.41) is 0. The number of halogens is 4. The van der Waals surface area contributed by atoms with Crippen LogP contribution in [0.3, 0.4) is 0 Å². The molecule has 0 aliphatic carbocycles. The normalized spacial score (nSPS) is 11.5. The predicted octanol–water partition coefficient (Wildman–Crippen LogP) is 0.538. The second-order valence-electron chi connectivity index (χ2n) is 2.99. The summed E-state index contributed by atoms with van der Waals surface area (Å²) in [5.74, 6) is -0.230. The number of benzene rings is 1. The van der Waals surface area contributed by atoms with Crippen molar-refractivity contribution in [3.8, 4) is 0 Å². The molecular formula is C9H8BF4K. The molecule has 0 heterocycles. The minimum absolute atomic E-state index is 0. The smallest absolute Gasteiger partial charge is 0.445 e. The van der Waals surface area contributed by atoms with E-state index in [0.29, 0.717) is 11.1 Å². The molecule has 15 heavy (non-hydrogen) atoms. The van der Waals surface area contributed by atoms with Crippen LogP contribution in [0.25, 0.3) is 6.08 Å². The molecule has 0 radical (unpaired) electrons. The van der Waals surface area contributed by atoms with Crippen LogP contribution in [0, 0.1) is 12.7 Å². The van der Waals surface area contributed by atoms with Gasteiger partial charge in [-0.15, -0.1) is 5.98 Å². The first-order valence-electron chi connectivity index (χ1n) is 4.04. The van der Waals surface area contributed by atoms with Crippen LogP contribution in [0.2, 0.25) is 0 Å². The maximum absolute atomic E-state index is 12.7. The molecule has 6 heteroatoms. The first kappa shape index (κ1) is 15.4. The van der Waals surface area contributed by atoms with Crippen molar-refractivity contribution in [1.29, 1.82) is 0 Å². The Kier molecular flexibility index (Phi) is 6.36. The zero-order chi connectivity index (χ0) is 10.8. The third-order valence-corrected chi connectivity index (χ3v) is 1.69. The molecule has 0 atom stereocenters. The van der Waals surface area contributed by atoms with E-state index in [9.17, 15) is 17.3 Å². The van der Waals surface area contributed by atoms with Crippen molar-refractivity contribution in [2.24, 2.45) is 0 Å². The Balaban J connectivity index is 0.00000196. The van der Waals surface area contributed by atoms with E-state index in [0.717, 1.165) is 12.1 Å². The minimum Gasteiger partial charge on any atom is -0.445 e. The molecule has 0 saturated heterocycles. The van der Waals surface area contributed by atoms with Crippen molar-refractivity contribution in [2.75, 3.05) is 0 Å². The van der Waals surface area contributed by atoms with Crippen LogP contribution >= 0.6 is 0 Å². The summed E-state index contributed by atoms with van der Waals surface area (Å²) >= 11 is 0. The summed E-state index contributed by atoms with van der Waals surface area (Å²) in [7, 11) is 0. The first-order valence-corrected chi connectivity index (χ1v) is 4.04. The molecular weight excluding hydrogens is 234 g/mol. The summed E-state index contributed by atoms with van der Waals surface area (Å²) in [6, 6.07) is 3.83. The Bertz CT molecular complexity index is 360. The van der Waals surface area contributed by atoms with Crippen molar-refractivity contribution in [3.63, 3.8) is 0 Å². The van der Waals surface area contributed by atoms with Crippen LogP contribution in [-0.4, -0.2) is 6.98 Å². The van der Waals surface area contributed by atoms with Gasteiger partial charge in [0, 0.05) is 0 Å². The fourth-order valence-electron chi connectivity index (χ4n) is 0.992. The third kappa shape index (κ3) is 5.87. The summed E-state index contributed by atoms with van der Waals surface area (Å²) < 4.78 is 48.2. The topological polar surface area (TPSA) is 0 Å². The number of hydrogen-bond donors (Lipinski definition) is 0. The van der Waals surface area contributed by atoms with E-state index in [1.165, 1.54) is 19.1 Å². The fourth-order valence-corrected chi connectivity index (χ4v) is 0.992. The SMILES string of the molecule is Cc1cc(/C=C/[B-](F)(F)F)ccc1F.[K+]. The van der Waals surface area contributed by atoms with Crippen molar-refractivity contribution >= 4 is 13.1 Å². The van der Waals surface area contributed by atoms with Gasteiger partial charge in [0.25, 0.3) is 0 Å². The van der Waals surface area contributed by atoms with Gasteiger partial charge in [0.15, 0.2) is 0 Å². The summed E-state index contributed by atoms with van der Waals surface area (Å²) in [6.07, 6.45) is 0.937. The van der Waals surface area contributed by atoms with E-state index < -0.39 is 12.8 Å². The Hall–Kier alpha value is 0.381. The van der Waals surface area contributed by atoms with E-state index in [1.54, 1.807) is 0 Å². The quantitative estimate of drug-likeness (QED) is 0.524. The van der Waals surface area contributed by atoms with Gasteiger partial charge in [0.1, 0.15) is 5.82 Å². The van der Waals surface area contributed by atoms with Gasteiger partial charge in [-0.3, -0.25) is 0 Å². The third-order valence-electron chi connectivity index (χ3n) is 1.69. The van der Waals surface area contributed by atoms with Crippen LogP contribution in [0.5, 0.6) is 0 Å².